The molecule has 1 fully saturated rings. The van der Waals surface area contributed by atoms with Crippen LogP contribution in [0.5, 0.6) is 0 Å². The molecule has 0 spiro atoms. The fourth-order valence-electron chi connectivity index (χ4n) is 2.54. The van der Waals surface area contributed by atoms with Crippen LogP contribution in [0.25, 0.3) is 0 Å². The van der Waals surface area contributed by atoms with Gasteiger partial charge in [-0.3, -0.25) is 0 Å². The topological polar surface area (TPSA) is 121 Å². The molecule has 0 aliphatic carbocycles. The summed E-state index contributed by atoms with van der Waals surface area (Å²) in [6.45, 7) is 5.95. The van der Waals surface area contributed by atoms with E-state index in [1.807, 2.05) is 0 Å². The number of ether oxygens (including phenoxy) is 2. The normalized spacial score (nSPS) is 19.3. The molecular weight excluding hydrogens is 362 g/mol. The highest BCUT2D eigenvalue weighted by atomic mass is 32.2. The van der Waals surface area contributed by atoms with Gasteiger partial charge in [0.25, 0.3) is 0 Å². The number of carbonyl (C=O) groups excluding carboxylic acids is 1. The molecule has 2 rings (SSSR count). The fourth-order valence-corrected chi connectivity index (χ4v) is 3.20. The van der Waals surface area contributed by atoms with Gasteiger partial charge in [0.05, 0.1) is 11.9 Å². The summed E-state index contributed by atoms with van der Waals surface area (Å²) >= 11 is 0. The van der Waals surface area contributed by atoms with Gasteiger partial charge < -0.3 is 19.3 Å². The number of hydrogen-bond acceptors (Lipinski definition) is 8. The summed E-state index contributed by atoms with van der Waals surface area (Å²) in [7, 11) is -3.21. The van der Waals surface area contributed by atoms with E-state index in [0.29, 0.717) is 12.2 Å². The number of sulfone groups is 1. The number of nitrogens with one attached hydrogen (secondary N) is 1. The van der Waals surface area contributed by atoms with Crippen molar-refractivity contribution in [1.29, 1.82) is 0 Å². The maximum atomic E-state index is 12.1. The molecule has 1 N–H and O–H groups in total. The molecule has 0 radical (unpaired) electrons. The minimum Gasteiger partial charge on any atom is -0.444 e. The number of alkyl carbamates (subject to hydrolysis) is 1. The molecule has 2 heterocycles. The second-order valence-corrected chi connectivity index (χ2v) is 9.77. The van der Waals surface area contributed by atoms with Crippen molar-refractivity contribution < 1.29 is 27.2 Å². The van der Waals surface area contributed by atoms with E-state index in [9.17, 15) is 13.2 Å². The van der Waals surface area contributed by atoms with Crippen LogP contribution in [0.2, 0.25) is 0 Å². The van der Waals surface area contributed by atoms with Gasteiger partial charge in [-0.25, -0.2) is 13.2 Å². The maximum Gasteiger partial charge on any atom is 0.408 e. The van der Waals surface area contributed by atoms with Crippen molar-refractivity contribution in [2.24, 2.45) is 0 Å². The van der Waals surface area contributed by atoms with Crippen molar-refractivity contribution in [3.8, 4) is 0 Å². The summed E-state index contributed by atoms with van der Waals surface area (Å²) in [5.74, 6) is 0.506. The molecule has 0 unspecified atom stereocenters. The van der Waals surface area contributed by atoms with Crippen LogP contribution in [-0.2, 0) is 25.7 Å². The molecule has 1 aliphatic heterocycles. The highest BCUT2D eigenvalue weighted by Crippen LogP contribution is 2.20. The van der Waals surface area contributed by atoms with Crippen LogP contribution in [0.1, 0.15) is 57.8 Å². The first kappa shape index (κ1) is 20.6. The Morgan fingerprint density at radius 3 is 2.73 bits per heavy atom. The quantitative estimate of drug-likeness (QED) is 0.749. The second kappa shape index (κ2) is 8.34. The Balaban J connectivity index is 2.06. The highest BCUT2D eigenvalue weighted by Gasteiger charge is 2.27. The number of amides is 1. The SMILES string of the molecule is CC(C)(C)OC(=O)N[C@@H](CCS(C)(=O)=O)c1nc(C[C@H]2CCCO2)no1. The summed E-state index contributed by atoms with van der Waals surface area (Å²) in [6, 6.07) is -0.745. The van der Waals surface area contributed by atoms with Crippen molar-refractivity contribution in [2.45, 2.75) is 64.2 Å². The molecule has 1 saturated heterocycles. The summed E-state index contributed by atoms with van der Waals surface area (Å²) < 4.78 is 39.0. The van der Waals surface area contributed by atoms with E-state index in [0.717, 1.165) is 25.7 Å². The van der Waals surface area contributed by atoms with Gasteiger partial charge in [-0.1, -0.05) is 5.16 Å². The molecular formula is C16H27N3O6S. The molecule has 0 aromatic carbocycles. The van der Waals surface area contributed by atoms with E-state index in [1.165, 1.54) is 0 Å². The lowest BCUT2D eigenvalue weighted by atomic mass is 10.2. The summed E-state index contributed by atoms with van der Waals surface area (Å²) in [6.07, 6.45) is 3.11. The fraction of sp³-hybridized carbons (Fsp3) is 0.812. The van der Waals surface area contributed by atoms with Gasteiger partial charge in [-0.2, -0.15) is 4.98 Å². The minimum absolute atomic E-state index is 0.0636. The van der Waals surface area contributed by atoms with Crippen molar-refractivity contribution in [3.05, 3.63) is 11.7 Å². The largest absolute Gasteiger partial charge is 0.444 e. The smallest absolute Gasteiger partial charge is 0.408 e. The number of hydrogen-bond donors (Lipinski definition) is 1. The summed E-state index contributed by atoms with van der Waals surface area (Å²) in [5, 5.41) is 6.54. The monoisotopic (exact) mass is 389 g/mol. The van der Waals surface area contributed by atoms with Gasteiger partial charge in [0, 0.05) is 19.3 Å². The molecule has 26 heavy (non-hydrogen) atoms. The number of aromatic nitrogens is 2. The molecule has 148 valence electrons. The lowest BCUT2D eigenvalue weighted by molar-refractivity contribution is 0.0492. The van der Waals surface area contributed by atoms with Crippen molar-refractivity contribution in [3.63, 3.8) is 0 Å². The van der Waals surface area contributed by atoms with Crippen LogP contribution < -0.4 is 5.32 Å². The third-order valence-corrected chi connectivity index (χ3v) is 4.66. The molecule has 1 aliphatic rings. The van der Waals surface area contributed by atoms with E-state index in [4.69, 9.17) is 14.0 Å². The number of nitrogens with zero attached hydrogens (tertiary/aromatic N) is 2. The van der Waals surface area contributed by atoms with E-state index >= 15 is 0 Å². The zero-order valence-electron chi connectivity index (χ0n) is 15.6. The third kappa shape index (κ3) is 7.28. The average molecular weight is 389 g/mol. The Kier molecular flexibility index (Phi) is 6.62. The van der Waals surface area contributed by atoms with Crippen LogP contribution in [0.15, 0.2) is 4.52 Å². The Hall–Kier alpha value is -1.68. The molecule has 1 amide bonds. The van der Waals surface area contributed by atoms with E-state index in [-0.39, 0.29) is 24.2 Å². The van der Waals surface area contributed by atoms with Crippen molar-refractivity contribution in [1.82, 2.24) is 15.5 Å². The van der Waals surface area contributed by atoms with E-state index in [2.05, 4.69) is 15.5 Å². The maximum absolute atomic E-state index is 12.1. The average Bonchev–Trinajstić information content (AvgIpc) is 3.13. The predicted octanol–water partition coefficient (Wildman–Crippen LogP) is 1.79. The Morgan fingerprint density at radius 1 is 1.42 bits per heavy atom. The second-order valence-electron chi connectivity index (χ2n) is 7.51. The van der Waals surface area contributed by atoms with Crippen molar-refractivity contribution >= 4 is 15.9 Å². The van der Waals surface area contributed by atoms with E-state index in [1.54, 1.807) is 20.8 Å². The third-order valence-electron chi connectivity index (χ3n) is 3.68. The zero-order valence-corrected chi connectivity index (χ0v) is 16.5. The van der Waals surface area contributed by atoms with Gasteiger partial charge in [0.1, 0.15) is 21.5 Å². The molecule has 0 bridgehead atoms. The van der Waals surface area contributed by atoms with Gasteiger partial charge in [0.15, 0.2) is 5.82 Å². The first-order valence-electron chi connectivity index (χ1n) is 8.63. The van der Waals surface area contributed by atoms with Gasteiger partial charge in [-0.15, -0.1) is 0 Å². The Morgan fingerprint density at radius 2 is 2.15 bits per heavy atom. The molecule has 0 saturated carbocycles. The molecule has 2 atom stereocenters. The van der Waals surface area contributed by atoms with Gasteiger partial charge >= 0.3 is 6.09 Å². The lowest BCUT2D eigenvalue weighted by Gasteiger charge is -2.22. The van der Waals surface area contributed by atoms with Crippen molar-refractivity contribution in [2.75, 3.05) is 18.6 Å². The zero-order chi connectivity index (χ0) is 19.4. The Labute approximate surface area is 153 Å². The Bertz CT molecular complexity index is 704. The number of carbonyl (C=O) groups is 1. The van der Waals surface area contributed by atoms with Crippen LogP contribution in [0.3, 0.4) is 0 Å². The van der Waals surface area contributed by atoms with Crippen LogP contribution in [-0.4, -0.2) is 55.0 Å². The molecule has 1 aromatic heterocycles. The van der Waals surface area contributed by atoms with Crippen LogP contribution in [0.4, 0.5) is 4.79 Å². The van der Waals surface area contributed by atoms with Gasteiger partial charge in [0.2, 0.25) is 5.89 Å². The van der Waals surface area contributed by atoms with Crippen LogP contribution in [0, 0.1) is 0 Å². The summed E-state index contributed by atoms with van der Waals surface area (Å²) in [5.41, 5.74) is -0.675. The highest BCUT2D eigenvalue weighted by molar-refractivity contribution is 7.90. The predicted molar refractivity (Wildman–Crippen MR) is 93.4 cm³/mol. The summed E-state index contributed by atoms with van der Waals surface area (Å²) in [4.78, 5) is 16.4. The van der Waals surface area contributed by atoms with Crippen LogP contribution >= 0.6 is 0 Å². The minimum atomic E-state index is -3.21. The first-order valence-corrected chi connectivity index (χ1v) is 10.7. The number of rotatable bonds is 7. The lowest BCUT2D eigenvalue weighted by Crippen LogP contribution is -2.35. The molecule has 1 aromatic rings. The molecule has 10 heteroatoms. The van der Waals surface area contributed by atoms with E-state index < -0.39 is 27.6 Å². The standard InChI is InChI=1S/C16H27N3O6S/c1-16(2,3)24-15(20)17-12(7-9-26(4,21)22)14-18-13(19-25-14)10-11-6-5-8-23-11/h11-12H,5-10H2,1-4H3,(H,17,20)/t11-,12+/m1/s1. The van der Waals surface area contributed by atoms with Gasteiger partial charge in [-0.05, 0) is 40.0 Å². The molecule has 9 nitrogen and oxygen atoms in total. The first-order chi connectivity index (χ1) is 12.0.